The first-order chi connectivity index (χ1) is 10.7. The molecule has 1 aliphatic rings. The molecule has 0 bridgehead atoms. The van der Waals surface area contributed by atoms with Crippen LogP contribution in [-0.4, -0.2) is 69.5 Å². The molecule has 0 saturated carbocycles. The van der Waals surface area contributed by atoms with Gasteiger partial charge < -0.3 is 10.6 Å². The lowest BCUT2D eigenvalue weighted by atomic mass is 9.99. The van der Waals surface area contributed by atoms with Gasteiger partial charge in [-0.15, -0.1) is 0 Å². The maximum Gasteiger partial charge on any atom is 0.191 e. The van der Waals surface area contributed by atoms with Crippen molar-refractivity contribution in [3.05, 3.63) is 0 Å². The van der Waals surface area contributed by atoms with Crippen LogP contribution in [0, 0.1) is 0 Å². The Labute approximate surface area is 142 Å². The van der Waals surface area contributed by atoms with Gasteiger partial charge in [0.2, 0.25) is 0 Å². The standard InChI is InChI=1S/C16H34N4O2S/c1-5-17-15(18-10-9-13-23(4,21)22)19-14-16(2,3)20-11-7-6-8-12-20/h5-14H2,1-4H3,(H2,17,18,19). The molecule has 1 fully saturated rings. The Hall–Kier alpha value is -0.820. The first kappa shape index (κ1) is 20.2. The molecule has 0 spiro atoms. The van der Waals surface area contributed by atoms with Crippen molar-refractivity contribution in [1.29, 1.82) is 0 Å². The fourth-order valence-electron chi connectivity index (χ4n) is 2.75. The Morgan fingerprint density at radius 3 is 2.39 bits per heavy atom. The van der Waals surface area contributed by atoms with E-state index in [4.69, 9.17) is 4.99 Å². The van der Waals surface area contributed by atoms with Crippen LogP contribution in [0.1, 0.15) is 46.5 Å². The number of hydrogen-bond donors (Lipinski definition) is 2. The van der Waals surface area contributed by atoms with E-state index in [2.05, 4.69) is 29.4 Å². The van der Waals surface area contributed by atoms with Gasteiger partial charge in [0.25, 0.3) is 0 Å². The molecule has 1 aliphatic heterocycles. The van der Waals surface area contributed by atoms with Gasteiger partial charge in [-0.1, -0.05) is 6.42 Å². The molecule has 0 aromatic carbocycles. The summed E-state index contributed by atoms with van der Waals surface area (Å²) < 4.78 is 22.3. The normalized spacial score (nSPS) is 18.0. The summed E-state index contributed by atoms with van der Waals surface area (Å²) in [6.45, 7) is 11.0. The number of guanidine groups is 1. The van der Waals surface area contributed by atoms with Crippen LogP contribution in [0.5, 0.6) is 0 Å². The minimum absolute atomic E-state index is 0.0511. The fraction of sp³-hybridized carbons (Fsp3) is 0.938. The average Bonchev–Trinajstić information content (AvgIpc) is 2.49. The largest absolute Gasteiger partial charge is 0.357 e. The van der Waals surface area contributed by atoms with Crippen molar-refractivity contribution in [2.24, 2.45) is 4.99 Å². The Kier molecular flexibility index (Phi) is 8.33. The predicted molar refractivity (Wildman–Crippen MR) is 97.8 cm³/mol. The summed E-state index contributed by atoms with van der Waals surface area (Å²) in [6.07, 6.45) is 5.75. The number of hydrogen-bond acceptors (Lipinski definition) is 4. The van der Waals surface area contributed by atoms with Gasteiger partial charge >= 0.3 is 0 Å². The van der Waals surface area contributed by atoms with E-state index in [0.29, 0.717) is 13.0 Å². The highest BCUT2D eigenvalue weighted by molar-refractivity contribution is 7.90. The van der Waals surface area contributed by atoms with E-state index in [-0.39, 0.29) is 11.3 Å². The smallest absolute Gasteiger partial charge is 0.191 e. The van der Waals surface area contributed by atoms with E-state index in [0.717, 1.165) is 32.1 Å². The highest BCUT2D eigenvalue weighted by atomic mass is 32.2. The second-order valence-electron chi connectivity index (χ2n) is 6.97. The van der Waals surface area contributed by atoms with Gasteiger partial charge in [0.15, 0.2) is 5.96 Å². The van der Waals surface area contributed by atoms with Gasteiger partial charge in [0.05, 0.1) is 12.3 Å². The van der Waals surface area contributed by atoms with Crippen molar-refractivity contribution in [3.8, 4) is 0 Å². The van der Waals surface area contributed by atoms with E-state index in [1.165, 1.54) is 25.5 Å². The molecule has 7 heteroatoms. The van der Waals surface area contributed by atoms with Crippen molar-refractivity contribution in [3.63, 3.8) is 0 Å². The number of likely N-dealkylation sites (tertiary alicyclic amines) is 1. The van der Waals surface area contributed by atoms with Crippen LogP contribution in [0.25, 0.3) is 0 Å². The molecule has 6 nitrogen and oxygen atoms in total. The molecule has 0 unspecified atom stereocenters. The molecule has 0 atom stereocenters. The highest BCUT2D eigenvalue weighted by Crippen LogP contribution is 2.20. The number of nitrogens with zero attached hydrogens (tertiary/aromatic N) is 2. The second kappa shape index (κ2) is 9.47. The van der Waals surface area contributed by atoms with Gasteiger partial charge in [0.1, 0.15) is 9.84 Å². The lowest BCUT2D eigenvalue weighted by Crippen LogP contribution is -2.49. The van der Waals surface area contributed by atoms with Crippen LogP contribution >= 0.6 is 0 Å². The SMILES string of the molecule is CCNC(=NCC(C)(C)N1CCCCC1)NCCCS(C)(=O)=O. The molecule has 0 aliphatic carbocycles. The quantitative estimate of drug-likeness (QED) is 0.393. The summed E-state index contributed by atoms with van der Waals surface area (Å²) in [4.78, 5) is 7.22. The maximum absolute atomic E-state index is 11.2. The Morgan fingerprint density at radius 1 is 1.17 bits per heavy atom. The van der Waals surface area contributed by atoms with Crippen LogP contribution in [0.2, 0.25) is 0 Å². The molecule has 0 aromatic rings. The number of aliphatic imine (C=N–C) groups is 1. The predicted octanol–water partition coefficient (Wildman–Crippen LogP) is 1.24. The zero-order chi connectivity index (χ0) is 17.3. The van der Waals surface area contributed by atoms with E-state index >= 15 is 0 Å². The van der Waals surface area contributed by atoms with Crippen molar-refractivity contribution >= 4 is 15.8 Å². The van der Waals surface area contributed by atoms with Crippen LogP contribution < -0.4 is 10.6 Å². The van der Waals surface area contributed by atoms with Gasteiger partial charge in [-0.25, -0.2) is 8.42 Å². The van der Waals surface area contributed by atoms with Crippen molar-refractivity contribution in [1.82, 2.24) is 15.5 Å². The lowest BCUT2D eigenvalue weighted by Gasteiger charge is -2.40. The summed E-state index contributed by atoms with van der Waals surface area (Å²) in [5.74, 6) is 0.977. The highest BCUT2D eigenvalue weighted by Gasteiger charge is 2.27. The van der Waals surface area contributed by atoms with Gasteiger partial charge in [0, 0.05) is 24.9 Å². The third-order valence-electron chi connectivity index (χ3n) is 4.16. The van der Waals surface area contributed by atoms with E-state index < -0.39 is 9.84 Å². The summed E-state index contributed by atoms with van der Waals surface area (Å²) in [5, 5.41) is 6.45. The zero-order valence-corrected chi connectivity index (χ0v) is 16.0. The van der Waals surface area contributed by atoms with E-state index in [1.807, 2.05) is 6.92 Å². The van der Waals surface area contributed by atoms with Crippen molar-refractivity contribution in [2.45, 2.75) is 52.0 Å². The molecule has 2 N–H and O–H groups in total. The summed E-state index contributed by atoms with van der Waals surface area (Å²) in [7, 11) is -2.89. The van der Waals surface area contributed by atoms with Gasteiger partial charge in [-0.05, 0) is 53.1 Å². The maximum atomic E-state index is 11.2. The molecule has 0 amide bonds. The third kappa shape index (κ3) is 8.55. The average molecular weight is 347 g/mol. The molecule has 0 aromatic heterocycles. The molecule has 1 rings (SSSR count). The second-order valence-corrected chi connectivity index (χ2v) is 9.23. The number of nitrogens with one attached hydrogen (secondary N) is 2. The lowest BCUT2D eigenvalue weighted by molar-refractivity contribution is 0.102. The Bertz CT molecular complexity index is 468. The third-order valence-corrected chi connectivity index (χ3v) is 5.20. The summed E-state index contributed by atoms with van der Waals surface area (Å²) in [6, 6.07) is 0. The first-order valence-corrected chi connectivity index (χ1v) is 10.8. The molecule has 23 heavy (non-hydrogen) atoms. The van der Waals surface area contributed by atoms with E-state index in [9.17, 15) is 8.42 Å². The summed E-state index contributed by atoms with van der Waals surface area (Å²) >= 11 is 0. The van der Waals surface area contributed by atoms with Crippen LogP contribution in [0.4, 0.5) is 0 Å². The Balaban J connectivity index is 2.49. The minimum atomic E-state index is -2.89. The fourth-order valence-corrected chi connectivity index (χ4v) is 3.42. The molecule has 0 radical (unpaired) electrons. The van der Waals surface area contributed by atoms with Gasteiger partial charge in [-0.2, -0.15) is 0 Å². The van der Waals surface area contributed by atoms with Crippen molar-refractivity contribution in [2.75, 3.05) is 44.7 Å². The number of piperidine rings is 1. The van der Waals surface area contributed by atoms with Crippen LogP contribution in [0.3, 0.4) is 0 Å². The zero-order valence-electron chi connectivity index (χ0n) is 15.2. The van der Waals surface area contributed by atoms with Crippen LogP contribution in [0.15, 0.2) is 4.99 Å². The molecular formula is C16H34N4O2S. The van der Waals surface area contributed by atoms with E-state index in [1.54, 1.807) is 0 Å². The first-order valence-electron chi connectivity index (χ1n) is 8.69. The van der Waals surface area contributed by atoms with Crippen molar-refractivity contribution < 1.29 is 8.42 Å². The van der Waals surface area contributed by atoms with Crippen LogP contribution in [-0.2, 0) is 9.84 Å². The topological polar surface area (TPSA) is 73.8 Å². The number of sulfone groups is 1. The monoisotopic (exact) mass is 346 g/mol. The minimum Gasteiger partial charge on any atom is -0.357 e. The molecule has 1 heterocycles. The van der Waals surface area contributed by atoms with Gasteiger partial charge in [-0.3, -0.25) is 9.89 Å². The number of rotatable bonds is 8. The summed E-state index contributed by atoms with van der Waals surface area (Å²) in [5.41, 5.74) is 0.0511. The molecule has 136 valence electrons. The molecule has 1 saturated heterocycles. The Morgan fingerprint density at radius 2 is 1.83 bits per heavy atom. The molecular weight excluding hydrogens is 312 g/mol.